The van der Waals surface area contributed by atoms with E-state index in [1.165, 1.54) is 7.11 Å². The van der Waals surface area contributed by atoms with Crippen molar-refractivity contribution in [2.24, 2.45) is 5.92 Å². The van der Waals surface area contributed by atoms with Crippen molar-refractivity contribution in [3.05, 3.63) is 23.8 Å². The van der Waals surface area contributed by atoms with Crippen LogP contribution in [-0.2, 0) is 25.6 Å². The molecule has 1 aliphatic rings. The Morgan fingerprint density at radius 3 is 2.66 bits per heavy atom. The predicted molar refractivity (Wildman–Crippen MR) is 115 cm³/mol. The van der Waals surface area contributed by atoms with Gasteiger partial charge < -0.3 is 24.6 Å². The van der Waals surface area contributed by atoms with Gasteiger partial charge >= 0.3 is 0 Å². The number of amides is 2. The van der Waals surface area contributed by atoms with Crippen LogP contribution in [0.25, 0.3) is 0 Å². The van der Waals surface area contributed by atoms with Crippen molar-refractivity contribution in [2.75, 3.05) is 51.2 Å². The van der Waals surface area contributed by atoms with E-state index < -0.39 is 0 Å². The summed E-state index contributed by atoms with van der Waals surface area (Å²) in [6.45, 7) is 5.80. The maximum atomic E-state index is 12.7. The van der Waals surface area contributed by atoms with Gasteiger partial charge in [0.25, 0.3) is 0 Å². The molecule has 0 radical (unpaired) electrons. The molecule has 1 aromatic carbocycles. The first kappa shape index (κ1) is 23.2. The van der Waals surface area contributed by atoms with Gasteiger partial charge in [-0.15, -0.1) is 0 Å². The first-order valence-corrected chi connectivity index (χ1v) is 10.3. The van der Waals surface area contributed by atoms with Crippen LogP contribution in [0, 0.1) is 5.92 Å². The second-order valence-corrected chi connectivity index (χ2v) is 8.23. The number of anilines is 2. The zero-order valence-electron chi connectivity index (χ0n) is 18.4. The molecule has 0 aromatic heterocycles. The molecule has 0 spiro atoms. The Morgan fingerprint density at radius 2 is 2.07 bits per heavy atom. The zero-order valence-corrected chi connectivity index (χ0v) is 18.4. The van der Waals surface area contributed by atoms with Crippen LogP contribution in [0.2, 0.25) is 0 Å². The van der Waals surface area contributed by atoms with Gasteiger partial charge in [-0.25, -0.2) is 0 Å². The third kappa shape index (κ3) is 7.33. The number of carbonyl (C=O) groups excluding carboxylic acids is 2. The topological polar surface area (TPSA) is 71.1 Å². The summed E-state index contributed by atoms with van der Waals surface area (Å²) in [6, 6.07) is 5.83. The number of methoxy groups -OCH3 is 1. The summed E-state index contributed by atoms with van der Waals surface area (Å²) in [5.41, 5.74) is 2.72. The van der Waals surface area contributed by atoms with Gasteiger partial charge in [0.2, 0.25) is 11.8 Å². The lowest BCUT2D eigenvalue weighted by molar-refractivity contribution is -0.137. The largest absolute Gasteiger partial charge is 0.377 e. The van der Waals surface area contributed by atoms with Crippen molar-refractivity contribution in [3.63, 3.8) is 0 Å². The normalized spacial score (nSPS) is 16.1. The molecular weight excluding hydrogens is 370 g/mol. The van der Waals surface area contributed by atoms with Crippen molar-refractivity contribution in [3.8, 4) is 0 Å². The van der Waals surface area contributed by atoms with E-state index in [0.29, 0.717) is 25.4 Å². The lowest BCUT2D eigenvalue weighted by Crippen LogP contribution is -2.39. The van der Waals surface area contributed by atoms with E-state index in [2.05, 4.69) is 5.32 Å². The molecule has 0 bridgehead atoms. The molecule has 1 atom stereocenters. The molecule has 7 heteroatoms. The fourth-order valence-electron chi connectivity index (χ4n) is 3.52. The molecule has 1 saturated heterocycles. The minimum Gasteiger partial charge on any atom is -0.377 e. The minimum absolute atomic E-state index is 0.00442. The van der Waals surface area contributed by atoms with Crippen LogP contribution < -0.4 is 10.2 Å². The van der Waals surface area contributed by atoms with Gasteiger partial charge in [0.1, 0.15) is 6.61 Å². The van der Waals surface area contributed by atoms with Crippen molar-refractivity contribution in [2.45, 2.75) is 45.8 Å². The summed E-state index contributed by atoms with van der Waals surface area (Å²) in [4.78, 5) is 28.6. The van der Waals surface area contributed by atoms with Gasteiger partial charge in [0.15, 0.2) is 0 Å². The van der Waals surface area contributed by atoms with Gasteiger partial charge in [-0.1, -0.05) is 13.8 Å². The highest BCUT2D eigenvalue weighted by atomic mass is 16.5. The number of benzene rings is 1. The second-order valence-electron chi connectivity index (χ2n) is 8.23. The van der Waals surface area contributed by atoms with E-state index in [4.69, 9.17) is 9.47 Å². The number of carbonyl (C=O) groups is 2. The zero-order chi connectivity index (χ0) is 21.4. The van der Waals surface area contributed by atoms with Gasteiger partial charge in [0.05, 0.1) is 6.10 Å². The van der Waals surface area contributed by atoms with E-state index >= 15 is 0 Å². The van der Waals surface area contributed by atoms with Gasteiger partial charge in [-0.3, -0.25) is 9.59 Å². The standard InChI is InChI=1S/C22H35N3O4/c1-16(2)11-21(26)23-18-8-9-20(24(3)4)17(12-18)13-25(22(27)15-28-5)14-19-7-6-10-29-19/h8-9,12,16,19H,6-7,10-11,13-15H2,1-5H3,(H,23,26)/t19-/m0/s1. The van der Waals surface area contributed by atoms with Gasteiger partial charge in [-0.2, -0.15) is 0 Å². The molecule has 2 amide bonds. The van der Waals surface area contributed by atoms with Crippen LogP contribution in [0.3, 0.4) is 0 Å². The smallest absolute Gasteiger partial charge is 0.248 e. The number of hydrogen-bond donors (Lipinski definition) is 1. The molecule has 29 heavy (non-hydrogen) atoms. The summed E-state index contributed by atoms with van der Waals surface area (Å²) in [7, 11) is 5.47. The first-order valence-electron chi connectivity index (χ1n) is 10.3. The first-order chi connectivity index (χ1) is 13.8. The number of rotatable bonds is 10. The maximum Gasteiger partial charge on any atom is 0.248 e. The van der Waals surface area contributed by atoms with Crippen LogP contribution in [-0.4, -0.2) is 63.8 Å². The Balaban J connectivity index is 2.22. The summed E-state index contributed by atoms with van der Waals surface area (Å²) in [5, 5.41) is 2.97. The fraction of sp³-hybridized carbons (Fsp3) is 0.636. The highest BCUT2D eigenvalue weighted by molar-refractivity contribution is 5.91. The highest BCUT2D eigenvalue weighted by Crippen LogP contribution is 2.26. The summed E-state index contributed by atoms with van der Waals surface area (Å²) >= 11 is 0. The average Bonchev–Trinajstić information content (AvgIpc) is 3.13. The van der Waals surface area contributed by atoms with Crippen LogP contribution in [0.1, 0.15) is 38.7 Å². The summed E-state index contributed by atoms with van der Waals surface area (Å²) in [6.07, 6.45) is 2.52. The van der Waals surface area contributed by atoms with E-state index in [-0.39, 0.29) is 24.5 Å². The second kappa shape index (κ2) is 11.2. The molecule has 0 unspecified atom stereocenters. The number of nitrogens with one attached hydrogen (secondary N) is 1. The molecule has 0 saturated carbocycles. The molecule has 162 valence electrons. The Bertz CT molecular complexity index is 685. The molecule has 2 rings (SSSR count). The molecule has 1 heterocycles. The van der Waals surface area contributed by atoms with E-state index in [0.717, 1.165) is 36.4 Å². The lowest BCUT2D eigenvalue weighted by atomic mass is 10.1. The predicted octanol–water partition coefficient (Wildman–Crippen LogP) is 2.89. The van der Waals surface area contributed by atoms with E-state index in [1.807, 2.05) is 51.0 Å². The molecule has 1 fully saturated rings. The van der Waals surface area contributed by atoms with Crippen molar-refractivity contribution < 1.29 is 19.1 Å². The van der Waals surface area contributed by atoms with E-state index in [9.17, 15) is 9.59 Å². The molecule has 1 aromatic rings. The SMILES string of the molecule is COCC(=O)N(Cc1cc(NC(=O)CC(C)C)ccc1N(C)C)C[C@@H]1CCCO1. The van der Waals surface area contributed by atoms with Crippen LogP contribution in [0.4, 0.5) is 11.4 Å². The minimum atomic E-state index is -0.0676. The number of hydrogen-bond acceptors (Lipinski definition) is 5. The van der Waals surface area contributed by atoms with Gasteiger partial charge in [0, 0.05) is 58.7 Å². The quantitative estimate of drug-likeness (QED) is 0.648. The monoisotopic (exact) mass is 405 g/mol. The molecule has 1 N–H and O–H groups in total. The fourth-order valence-corrected chi connectivity index (χ4v) is 3.52. The van der Waals surface area contributed by atoms with Gasteiger partial charge in [-0.05, 0) is 42.5 Å². The average molecular weight is 406 g/mol. The molecule has 1 aliphatic heterocycles. The maximum absolute atomic E-state index is 12.7. The Labute approximate surface area is 174 Å². The van der Waals surface area contributed by atoms with Crippen LogP contribution >= 0.6 is 0 Å². The molecule has 0 aliphatic carbocycles. The summed E-state index contributed by atoms with van der Waals surface area (Å²) in [5.74, 6) is 0.223. The highest BCUT2D eigenvalue weighted by Gasteiger charge is 2.24. The lowest BCUT2D eigenvalue weighted by Gasteiger charge is -2.28. The molecular formula is C22H35N3O4. The Kier molecular flexibility index (Phi) is 8.92. The molecule has 7 nitrogen and oxygen atoms in total. The van der Waals surface area contributed by atoms with Crippen molar-refractivity contribution >= 4 is 23.2 Å². The summed E-state index contributed by atoms with van der Waals surface area (Å²) < 4.78 is 10.8. The van der Waals surface area contributed by atoms with Crippen LogP contribution in [0.15, 0.2) is 18.2 Å². The third-order valence-electron chi connectivity index (χ3n) is 4.87. The van der Waals surface area contributed by atoms with Crippen molar-refractivity contribution in [1.29, 1.82) is 0 Å². The van der Waals surface area contributed by atoms with E-state index in [1.54, 1.807) is 4.90 Å². The Hall–Kier alpha value is -2.12. The third-order valence-corrected chi connectivity index (χ3v) is 4.87. The Morgan fingerprint density at radius 1 is 1.31 bits per heavy atom. The number of nitrogens with zero attached hydrogens (tertiary/aromatic N) is 2. The number of ether oxygens (including phenoxy) is 2. The van der Waals surface area contributed by atoms with Crippen LogP contribution in [0.5, 0.6) is 0 Å². The van der Waals surface area contributed by atoms with Crippen molar-refractivity contribution in [1.82, 2.24) is 4.90 Å².